The van der Waals surface area contributed by atoms with Crippen LogP contribution < -0.4 is 5.43 Å². The number of nitrogens with zero attached hydrogens (tertiary/aromatic N) is 1. The van der Waals surface area contributed by atoms with Crippen LogP contribution in [0.3, 0.4) is 0 Å². The predicted octanol–water partition coefficient (Wildman–Crippen LogP) is 1.49. The molecule has 1 heterocycles. The number of halogens is 1. The van der Waals surface area contributed by atoms with Crippen LogP contribution in [0, 0.1) is 0 Å². The van der Waals surface area contributed by atoms with Gasteiger partial charge < -0.3 is 4.74 Å². The molecule has 0 saturated heterocycles. The highest BCUT2D eigenvalue weighted by Gasteiger charge is 2.16. The van der Waals surface area contributed by atoms with Gasteiger partial charge in [0, 0.05) is 5.56 Å². The van der Waals surface area contributed by atoms with E-state index in [1.165, 1.54) is 0 Å². The van der Waals surface area contributed by atoms with Crippen molar-refractivity contribution in [2.45, 2.75) is 5.69 Å². The van der Waals surface area contributed by atoms with Crippen LogP contribution in [0.15, 0.2) is 35.4 Å². The van der Waals surface area contributed by atoms with Gasteiger partial charge in [-0.3, -0.25) is 5.43 Å². The Morgan fingerprint density at radius 2 is 2.08 bits per heavy atom. The van der Waals surface area contributed by atoms with Crippen molar-refractivity contribution >= 4 is 17.5 Å². The zero-order valence-electron chi connectivity index (χ0n) is 6.20. The molecule has 1 aliphatic heterocycles. The van der Waals surface area contributed by atoms with E-state index in [0.29, 0.717) is 5.90 Å². The first-order valence-electron chi connectivity index (χ1n) is 3.55. The second kappa shape index (κ2) is 3.03. The first-order chi connectivity index (χ1) is 5.86. The second-order valence-corrected chi connectivity index (χ2v) is 2.74. The Balaban J connectivity index is 2.22. The van der Waals surface area contributed by atoms with E-state index in [2.05, 4.69) is 10.5 Å². The van der Waals surface area contributed by atoms with Gasteiger partial charge in [0.05, 0.1) is 0 Å². The van der Waals surface area contributed by atoms with Gasteiger partial charge in [-0.05, 0) is 12.1 Å². The quantitative estimate of drug-likeness (QED) is 0.528. The first-order valence-corrected chi connectivity index (χ1v) is 3.99. The Labute approximate surface area is 75.0 Å². The van der Waals surface area contributed by atoms with Gasteiger partial charge in [0.1, 0.15) is 0 Å². The van der Waals surface area contributed by atoms with Crippen molar-refractivity contribution < 1.29 is 4.74 Å². The van der Waals surface area contributed by atoms with Gasteiger partial charge in [-0.2, -0.15) is 0 Å². The van der Waals surface area contributed by atoms with E-state index >= 15 is 0 Å². The molecule has 0 saturated carbocycles. The topological polar surface area (TPSA) is 33.6 Å². The van der Waals surface area contributed by atoms with E-state index in [1.807, 2.05) is 30.3 Å². The number of hydrogen-bond acceptors (Lipinski definition) is 3. The van der Waals surface area contributed by atoms with E-state index in [1.54, 1.807) is 0 Å². The maximum Gasteiger partial charge on any atom is 0.264 e. The molecule has 1 aliphatic rings. The van der Waals surface area contributed by atoms with Crippen LogP contribution in [0.4, 0.5) is 0 Å². The summed E-state index contributed by atoms with van der Waals surface area (Å²) < 4.78 is 5.15. The number of benzene rings is 1. The summed E-state index contributed by atoms with van der Waals surface area (Å²) in [6.07, 6.45) is 0. The van der Waals surface area contributed by atoms with Crippen LogP contribution in [0.2, 0.25) is 0 Å². The summed E-state index contributed by atoms with van der Waals surface area (Å²) >= 11 is 5.61. The highest BCUT2D eigenvalue weighted by Crippen LogP contribution is 2.10. The van der Waals surface area contributed by atoms with Crippen molar-refractivity contribution in [3.8, 4) is 0 Å². The van der Waals surface area contributed by atoms with Crippen LogP contribution in [0.1, 0.15) is 5.56 Å². The van der Waals surface area contributed by atoms with Crippen molar-refractivity contribution in [2.75, 3.05) is 0 Å². The maximum absolute atomic E-state index is 5.61. The predicted molar refractivity (Wildman–Crippen MR) is 46.8 cm³/mol. The minimum absolute atomic E-state index is 0.538. The lowest BCUT2D eigenvalue weighted by atomic mass is 10.2. The summed E-state index contributed by atoms with van der Waals surface area (Å²) in [6, 6.07) is 9.60. The smallest absolute Gasteiger partial charge is 0.264 e. The molecule has 1 atom stereocenters. The lowest BCUT2D eigenvalue weighted by molar-refractivity contribution is 0.273. The molecule has 0 aromatic heterocycles. The SMILES string of the molecule is ClC1NN=C(c2ccccc2)O1. The van der Waals surface area contributed by atoms with E-state index in [0.717, 1.165) is 5.56 Å². The molecule has 62 valence electrons. The van der Waals surface area contributed by atoms with Crippen molar-refractivity contribution in [2.24, 2.45) is 5.10 Å². The number of hydrogen-bond donors (Lipinski definition) is 1. The highest BCUT2D eigenvalue weighted by molar-refractivity contribution is 6.20. The lowest BCUT2D eigenvalue weighted by Crippen LogP contribution is -2.13. The Bertz CT molecular complexity index is 299. The minimum atomic E-state index is -0.541. The molecule has 1 aromatic carbocycles. The van der Waals surface area contributed by atoms with Crippen molar-refractivity contribution in [1.82, 2.24) is 5.43 Å². The molecule has 0 spiro atoms. The number of rotatable bonds is 1. The Morgan fingerprint density at radius 3 is 2.67 bits per heavy atom. The van der Waals surface area contributed by atoms with E-state index in [9.17, 15) is 0 Å². The van der Waals surface area contributed by atoms with Crippen molar-refractivity contribution in [3.63, 3.8) is 0 Å². The zero-order valence-corrected chi connectivity index (χ0v) is 6.95. The molecule has 3 nitrogen and oxygen atoms in total. The summed E-state index contributed by atoms with van der Waals surface area (Å²) in [5.41, 5.74) is 2.98. The van der Waals surface area contributed by atoms with Gasteiger partial charge in [0.25, 0.3) is 5.69 Å². The molecule has 0 radical (unpaired) electrons. The molecule has 1 unspecified atom stereocenters. The number of ether oxygens (including phenoxy) is 1. The molecule has 0 amide bonds. The molecule has 0 aliphatic carbocycles. The number of nitrogens with one attached hydrogen (secondary N) is 1. The molecule has 12 heavy (non-hydrogen) atoms. The van der Waals surface area contributed by atoms with Gasteiger partial charge in [-0.1, -0.05) is 29.8 Å². The second-order valence-electron chi connectivity index (χ2n) is 2.35. The van der Waals surface area contributed by atoms with Crippen LogP contribution >= 0.6 is 11.6 Å². The molecule has 2 rings (SSSR count). The molecule has 1 aromatic rings. The number of hydrazone groups is 1. The average Bonchev–Trinajstić information content (AvgIpc) is 2.54. The Hall–Kier alpha value is -1.22. The summed E-state index contributed by atoms with van der Waals surface area (Å²) in [5.74, 6) is 0.538. The first kappa shape index (κ1) is 7.43. The van der Waals surface area contributed by atoms with Crippen LogP contribution in [0.5, 0.6) is 0 Å². The fraction of sp³-hybridized carbons (Fsp3) is 0.125. The van der Waals surface area contributed by atoms with E-state index < -0.39 is 5.69 Å². The summed E-state index contributed by atoms with van der Waals surface area (Å²) in [4.78, 5) is 0. The third kappa shape index (κ3) is 1.36. The average molecular weight is 183 g/mol. The highest BCUT2D eigenvalue weighted by atomic mass is 35.5. The molecule has 1 N–H and O–H groups in total. The molecule has 0 bridgehead atoms. The Kier molecular flexibility index (Phi) is 1.87. The van der Waals surface area contributed by atoms with Gasteiger partial charge in [-0.25, -0.2) is 0 Å². The summed E-state index contributed by atoms with van der Waals surface area (Å²) in [5, 5.41) is 3.90. The third-order valence-electron chi connectivity index (χ3n) is 1.50. The van der Waals surface area contributed by atoms with E-state index in [4.69, 9.17) is 16.3 Å². The molecular formula is C8H7ClN2O. The number of alkyl halides is 1. The lowest BCUT2D eigenvalue weighted by Gasteiger charge is -2.01. The standard InChI is InChI=1S/C8H7ClN2O/c9-8-11-10-7(12-8)6-4-2-1-3-5-6/h1-5,8,11H. The maximum atomic E-state index is 5.61. The normalized spacial score (nSPS) is 21.1. The fourth-order valence-corrected chi connectivity index (χ4v) is 1.11. The molecular weight excluding hydrogens is 176 g/mol. The third-order valence-corrected chi connectivity index (χ3v) is 1.69. The van der Waals surface area contributed by atoms with Gasteiger partial charge in [-0.15, -0.1) is 5.10 Å². The minimum Gasteiger partial charge on any atom is -0.436 e. The van der Waals surface area contributed by atoms with Crippen molar-refractivity contribution in [1.29, 1.82) is 0 Å². The van der Waals surface area contributed by atoms with Crippen LogP contribution in [-0.4, -0.2) is 11.6 Å². The van der Waals surface area contributed by atoms with Gasteiger partial charge >= 0.3 is 0 Å². The molecule has 4 heteroatoms. The summed E-state index contributed by atoms with van der Waals surface area (Å²) in [6.45, 7) is 0. The monoisotopic (exact) mass is 182 g/mol. The Morgan fingerprint density at radius 1 is 1.33 bits per heavy atom. The largest absolute Gasteiger partial charge is 0.436 e. The van der Waals surface area contributed by atoms with Crippen LogP contribution in [0.25, 0.3) is 0 Å². The van der Waals surface area contributed by atoms with Crippen LogP contribution in [-0.2, 0) is 4.74 Å². The van der Waals surface area contributed by atoms with Gasteiger partial charge in [0.2, 0.25) is 5.90 Å². The zero-order chi connectivity index (χ0) is 8.39. The van der Waals surface area contributed by atoms with E-state index in [-0.39, 0.29) is 0 Å². The van der Waals surface area contributed by atoms with Crippen molar-refractivity contribution in [3.05, 3.63) is 35.9 Å². The fourth-order valence-electron chi connectivity index (χ4n) is 0.973. The van der Waals surface area contributed by atoms with Gasteiger partial charge in [0.15, 0.2) is 0 Å². The molecule has 0 fully saturated rings. The summed E-state index contributed by atoms with van der Waals surface area (Å²) in [7, 11) is 0.